The maximum atomic E-state index is 6.09. The molecule has 2 aliphatic heterocycles. The zero-order valence-corrected chi connectivity index (χ0v) is 12.9. The van der Waals surface area contributed by atoms with Crippen LogP contribution in [0.15, 0.2) is 4.99 Å². The molecule has 0 aliphatic carbocycles. The quantitative estimate of drug-likeness (QED) is 0.879. The fourth-order valence-electron chi connectivity index (χ4n) is 3.28. The number of hydrogen-bond donors (Lipinski definition) is 1. The normalized spacial score (nSPS) is 25.5. The van der Waals surface area contributed by atoms with E-state index in [0.29, 0.717) is 12.5 Å². The molecule has 0 amide bonds. The Morgan fingerprint density at radius 2 is 2.29 bits per heavy atom. The lowest BCUT2D eigenvalue weighted by Gasteiger charge is -2.28. The van der Waals surface area contributed by atoms with Gasteiger partial charge in [0.1, 0.15) is 0 Å². The Bertz CT molecular complexity index is 548. The minimum Gasteiger partial charge on any atom is -0.481 e. The zero-order chi connectivity index (χ0) is 15.0. The smallest absolute Gasteiger partial charge is 0.216 e. The van der Waals surface area contributed by atoms with Gasteiger partial charge in [-0.25, -0.2) is 4.68 Å². The largest absolute Gasteiger partial charge is 0.481 e. The highest BCUT2D eigenvalue weighted by atomic mass is 16.5. The van der Waals surface area contributed by atoms with E-state index in [1.807, 2.05) is 14.0 Å². The average molecular weight is 293 g/mol. The number of rotatable bonds is 4. The number of hydrogen-bond acceptors (Lipinski definition) is 6. The zero-order valence-electron chi connectivity index (χ0n) is 12.9. The van der Waals surface area contributed by atoms with Crippen LogP contribution in [-0.4, -0.2) is 53.6 Å². The number of ether oxygens (including phenoxy) is 2. The molecule has 116 valence electrons. The van der Waals surface area contributed by atoms with E-state index in [2.05, 4.69) is 15.0 Å². The van der Waals surface area contributed by atoms with Crippen LogP contribution < -0.4 is 10.5 Å². The van der Waals surface area contributed by atoms with E-state index in [9.17, 15) is 0 Å². The highest BCUT2D eigenvalue weighted by Gasteiger charge is 2.35. The molecule has 0 radical (unpaired) electrons. The van der Waals surface area contributed by atoms with E-state index in [4.69, 9.17) is 15.2 Å². The van der Waals surface area contributed by atoms with E-state index in [1.54, 1.807) is 11.8 Å². The monoisotopic (exact) mass is 293 g/mol. The molecule has 0 bridgehead atoms. The van der Waals surface area contributed by atoms with Gasteiger partial charge < -0.3 is 20.1 Å². The second kappa shape index (κ2) is 5.55. The minimum atomic E-state index is 0.0813. The topological polar surface area (TPSA) is 77.9 Å². The molecule has 0 saturated carbocycles. The molecular formula is C14H23N5O2. The molecule has 2 aliphatic rings. The molecule has 7 nitrogen and oxygen atoms in total. The summed E-state index contributed by atoms with van der Waals surface area (Å²) >= 11 is 0. The lowest BCUT2D eigenvalue weighted by atomic mass is 10.1. The van der Waals surface area contributed by atoms with Crippen molar-refractivity contribution >= 4 is 5.96 Å². The Hall–Kier alpha value is -1.76. The van der Waals surface area contributed by atoms with Crippen molar-refractivity contribution < 1.29 is 9.47 Å². The predicted molar refractivity (Wildman–Crippen MR) is 79.4 cm³/mol. The molecule has 0 spiro atoms. The third-order valence-electron chi connectivity index (χ3n) is 4.26. The first-order valence-corrected chi connectivity index (χ1v) is 7.37. The third-order valence-corrected chi connectivity index (χ3v) is 4.26. The highest BCUT2D eigenvalue weighted by Crippen LogP contribution is 2.35. The van der Waals surface area contributed by atoms with E-state index >= 15 is 0 Å². The van der Waals surface area contributed by atoms with Gasteiger partial charge in [-0.15, -0.1) is 0 Å². The molecule has 2 N–H and O–H groups in total. The van der Waals surface area contributed by atoms with Crippen LogP contribution in [0.2, 0.25) is 0 Å². The van der Waals surface area contributed by atoms with Crippen LogP contribution in [0.5, 0.6) is 5.88 Å². The van der Waals surface area contributed by atoms with E-state index in [0.717, 1.165) is 43.1 Å². The lowest BCUT2D eigenvalue weighted by molar-refractivity contribution is 0.0849. The molecule has 2 unspecified atom stereocenters. The van der Waals surface area contributed by atoms with Crippen molar-refractivity contribution in [3.63, 3.8) is 0 Å². The van der Waals surface area contributed by atoms with Crippen LogP contribution in [0.3, 0.4) is 0 Å². The van der Waals surface area contributed by atoms with Gasteiger partial charge in [-0.2, -0.15) is 5.10 Å². The summed E-state index contributed by atoms with van der Waals surface area (Å²) in [6, 6.07) is 0.0813. The van der Waals surface area contributed by atoms with Crippen LogP contribution >= 0.6 is 0 Å². The Kier molecular flexibility index (Phi) is 3.75. The van der Waals surface area contributed by atoms with Crippen molar-refractivity contribution in [1.82, 2.24) is 14.7 Å². The summed E-state index contributed by atoms with van der Waals surface area (Å²) in [7, 11) is 3.56. The van der Waals surface area contributed by atoms with Gasteiger partial charge in [0.25, 0.3) is 0 Å². The summed E-state index contributed by atoms with van der Waals surface area (Å²) in [6.07, 6.45) is 2.44. The summed E-state index contributed by atoms with van der Waals surface area (Å²) in [5, 5.41) is 4.46. The van der Waals surface area contributed by atoms with Crippen molar-refractivity contribution in [3.05, 3.63) is 11.3 Å². The first kappa shape index (κ1) is 14.2. The maximum Gasteiger partial charge on any atom is 0.216 e. The molecule has 1 aromatic heterocycles. The molecule has 1 fully saturated rings. The SMILES string of the molecule is COc1c(C2CN=C(N)N2CC2CCCO2)c(C)nn1C. The number of guanidine groups is 1. The molecule has 3 rings (SSSR count). The summed E-state index contributed by atoms with van der Waals surface area (Å²) in [5.41, 5.74) is 8.12. The second-order valence-corrected chi connectivity index (χ2v) is 5.63. The molecule has 3 heterocycles. The van der Waals surface area contributed by atoms with Gasteiger partial charge in [0, 0.05) is 20.2 Å². The summed E-state index contributed by atoms with van der Waals surface area (Å²) in [6.45, 7) is 4.25. The summed E-state index contributed by atoms with van der Waals surface area (Å²) < 4.78 is 13.0. The summed E-state index contributed by atoms with van der Waals surface area (Å²) in [5.74, 6) is 1.36. The number of methoxy groups -OCH3 is 1. The van der Waals surface area contributed by atoms with Crippen LogP contribution in [-0.2, 0) is 11.8 Å². The maximum absolute atomic E-state index is 6.09. The van der Waals surface area contributed by atoms with Crippen molar-refractivity contribution in [1.29, 1.82) is 0 Å². The molecule has 2 atom stereocenters. The van der Waals surface area contributed by atoms with E-state index < -0.39 is 0 Å². The van der Waals surface area contributed by atoms with Gasteiger partial charge in [0.05, 0.1) is 37.1 Å². The van der Waals surface area contributed by atoms with E-state index in [1.165, 1.54) is 0 Å². The average Bonchev–Trinajstić information content (AvgIpc) is 3.13. The Labute approximate surface area is 124 Å². The van der Waals surface area contributed by atoms with Crippen LogP contribution in [0.1, 0.15) is 30.1 Å². The van der Waals surface area contributed by atoms with Gasteiger partial charge in [0.15, 0.2) is 5.96 Å². The standard InChI is InChI=1S/C14H23N5O2/c1-9-12(13(20-3)18(2)17-9)11-7-16-14(15)19(11)8-10-5-4-6-21-10/h10-11H,4-8H2,1-3H3,(H2,15,16). The lowest BCUT2D eigenvalue weighted by Crippen LogP contribution is -2.41. The van der Waals surface area contributed by atoms with Crippen molar-refractivity contribution in [3.8, 4) is 5.88 Å². The number of aromatic nitrogens is 2. The first-order valence-electron chi connectivity index (χ1n) is 7.37. The highest BCUT2D eigenvalue weighted by molar-refractivity contribution is 5.80. The first-order chi connectivity index (χ1) is 10.1. The molecule has 7 heteroatoms. The molecule has 21 heavy (non-hydrogen) atoms. The fraction of sp³-hybridized carbons (Fsp3) is 0.714. The minimum absolute atomic E-state index is 0.0813. The van der Waals surface area contributed by atoms with Gasteiger partial charge >= 0.3 is 0 Å². The third kappa shape index (κ3) is 2.46. The Morgan fingerprint density at radius 1 is 1.48 bits per heavy atom. The van der Waals surface area contributed by atoms with Crippen molar-refractivity contribution in [2.45, 2.75) is 31.9 Å². The number of aryl methyl sites for hydroxylation is 2. The van der Waals surface area contributed by atoms with Crippen LogP contribution in [0.25, 0.3) is 0 Å². The van der Waals surface area contributed by atoms with Crippen LogP contribution in [0.4, 0.5) is 0 Å². The van der Waals surface area contributed by atoms with Gasteiger partial charge in [-0.05, 0) is 19.8 Å². The Balaban J connectivity index is 1.87. The Morgan fingerprint density at radius 3 is 2.95 bits per heavy atom. The number of nitrogens with zero attached hydrogens (tertiary/aromatic N) is 4. The van der Waals surface area contributed by atoms with Crippen LogP contribution in [0, 0.1) is 6.92 Å². The van der Waals surface area contributed by atoms with Gasteiger partial charge in [-0.3, -0.25) is 4.99 Å². The fourth-order valence-corrected chi connectivity index (χ4v) is 3.28. The molecular weight excluding hydrogens is 270 g/mol. The second-order valence-electron chi connectivity index (χ2n) is 5.63. The number of nitrogens with two attached hydrogens (primary N) is 1. The predicted octanol–water partition coefficient (Wildman–Crippen LogP) is 0.588. The van der Waals surface area contributed by atoms with Gasteiger partial charge in [-0.1, -0.05) is 0 Å². The summed E-state index contributed by atoms with van der Waals surface area (Å²) in [4.78, 5) is 6.54. The van der Waals surface area contributed by atoms with Gasteiger partial charge in [0.2, 0.25) is 5.88 Å². The van der Waals surface area contributed by atoms with Crippen molar-refractivity contribution in [2.24, 2.45) is 17.8 Å². The molecule has 0 aromatic carbocycles. The van der Waals surface area contributed by atoms with Crippen molar-refractivity contribution in [2.75, 3.05) is 26.8 Å². The molecule has 1 aromatic rings. The van der Waals surface area contributed by atoms with E-state index in [-0.39, 0.29) is 12.1 Å². The molecule has 1 saturated heterocycles. The number of aliphatic imine (C=N–C) groups is 1.